The van der Waals surface area contributed by atoms with Crippen LogP contribution in [0.1, 0.15) is 11.1 Å². The van der Waals surface area contributed by atoms with E-state index in [0.717, 1.165) is 35.7 Å². The lowest BCUT2D eigenvalue weighted by atomic mass is 10.2. The quantitative estimate of drug-likeness (QED) is 0.433. The van der Waals surface area contributed by atoms with E-state index in [1.165, 1.54) is 0 Å². The van der Waals surface area contributed by atoms with Gasteiger partial charge in [0.2, 0.25) is 0 Å². The summed E-state index contributed by atoms with van der Waals surface area (Å²) in [6, 6.07) is 15.6. The average Bonchev–Trinajstić information content (AvgIpc) is 2.77. The highest BCUT2D eigenvalue weighted by Gasteiger charge is 1.96. The number of hydrogen-bond donors (Lipinski definition) is 1. The molecule has 0 fully saturated rings. The van der Waals surface area contributed by atoms with Crippen molar-refractivity contribution in [2.24, 2.45) is 0 Å². The summed E-state index contributed by atoms with van der Waals surface area (Å²) in [5.41, 5.74) is 2.16. The Morgan fingerprint density at radius 2 is 1.00 bits per heavy atom. The first-order valence-corrected chi connectivity index (χ1v) is 9.88. The minimum absolute atomic E-state index is 0.535. The molecular formula is C24H31NO4. The van der Waals surface area contributed by atoms with Crippen LogP contribution in [0.2, 0.25) is 0 Å². The number of rotatable bonds is 16. The van der Waals surface area contributed by atoms with Crippen LogP contribution >= 0.6 is 0 Å². The van der Waals surface area contributed by atoms with Gasteiger partial charge >= 0.3 is 0 Å². The third-order valence-electron chi connectivity index (χ3n) is 4.07. The molecule has 0 aliphatic carbocycles. The zero-order valence-electron chi connectivity index (χ0n) is 17.0. The minimum atomic E-state index is 0.535. The molecule has 0 spiro atoms. The maximum atomic E-state index is 5.62. The maximum Gasteiger partial charge on any atom is 0.119 e. The lowest BCUT2D eigenvalue weighted by molar-refractivity contribution is 0.0906. The van der Waals surface area contributed by atoms with Crippen LogP contribution in [0.3, 0.4) is 0 Å². The lowest BCUT2D eigenvalue weighted by Crippen LogP contribution is -2.25. The molecule has 0 amide bonds. The van der Waals surface area contributed by atoms with Gasteiger partial charge in [-0.2, -0.15) is 0 Å². The zero-order chi connectivity index (χ0) is 20.6. The van der Waals surface area contributed by atoms with E-state index in [1.807, 2.05) is 60.7 Å². The van der Waals surface area contributed by atoms with Gasteiger partial charge in [-0.3, -0.25) is 0 Å². The molecular weight excluding hydrogens is 366 g/mol. The molecule has 0 heterocycles. The van der Waals surface area contributed by atoms with Gasteiger partial charge in [-0.15, -0.1) is 0 Å². The van der Waals surface area contributed by atoms with Crippen LogP contribution < -0.4 is 14.8 Å². The number of benzene rings is 2. The summed E-state index contributed by atoms with van der Waals surface area (Å²) in [6.45, 7) is 12.5. The Hall–Kier alpha value is -2.60. The Morgan fingerprint density at radius 1 is 0.586 bits per heavy atom. The molecule has 0 aliphatic rings. The third kappa shape index (κ3) is 9.94. The first-order chi connectivity index (χ1) is 14.3. The fourth-order valence-corrected chi connectivity index (χ4v) is 2.45. The molecule has 0 bridgehead atoms. The predicted octanol–water partition coefficient (Wildman–Crippen LogP) is 4.05. The Bertz CT molecular complexity index is 636. The lowest BCUT2D eigenvalue weighted by Gasteiger charge is -2.09. The van der Waals surface area contributed by atoms with Gasteiger partial charge in [-0.25, -0.2) is 0 Å². The largest absolute Gasteiger partial charge is 0.491 e. The second kappa shape index (κ2) is 14.4. The second-order valence-corrected chi connectivity index (χ2v) is 6.22. The zero-order valence-corrected chi connectivity index (χ0v) is 17.0. The van der Waals surface area contributed by atoms with Crippen molar-refractivity contribution >= 4 is 12.2 Å². The first-order valence-electron chi connectivity index (χ1n) is 9.88. The third-order valence-corrected chi connectivity index (χ3v) is 4.07. The van der Waals surface area contributed by atoms with Crippen molar-refractivity contribution in [3.05, 3.63) is 72.8 Å². The summed E-state index contributed by atoms with van der Waals surface area (Å²) in [5.74, 6) is 1.68. The molecule has 2 rings (SSSR count). The topological polar surface area (TPSA) is 49.0 Å². The number of hydrogen-bond acceptors (Lipinski definition) is 5. The smallest absolute Gasteiger partial charge is 0.119 e. The van der Waals surface area contributed by atoms with E-state index in [9.17, 15) is 0 Å². The van der Waals surface area contributed by atoms with Crippen molar-refractivity contribution < 1.29 is 18.9 Å². The van der Waals surface area contributed by atoms with Crippen LogP contribution in [-0.4, -0.2) is 52.7 Å². The van der Waals surface area contributed by atoms with Crippen molar-refractivity contribution in [3.63, 3.8) is 0 Å². The molecule has 156 valence electrons. The monoisotopic (exact) mass is 397 g/mol. The van der Waals surface area contributed by atoms with E-state index in [1.54, 1.807) is 0 Å². The summed E-state index contributed by atoms with van der Waals surface area (Å²) in [5, 5.41) is 3.28. The predicted molar refractivity (Wildman–Crippen MR) is 119 cm³/mol. The van der Waals surface area contributed by atoms with E-state index in [0.29, 0.717) is 39.6 Å². The fourth-order valence-electron chi connectivity index (χ4n) is 2.45. The summed E-state index contributed by atoms with van der Waals surface area (Å²) in [7, 11) is 0. The van der Waals surface area contributed by atoms with Crippen LogP contribution in [0.5, 0.6) is 11.5 Å². The molecule has 5 heteroatoms. The fraction of sp³-hybridized carbons (Fsp3) is 0.333. The highest BCUT2D eigenvalue weighted by atomic mass is 16.5. The van der Waals surface area contributed by atoms with E-state index in [-0.39, 0.29) is 0 Å². The summed E-state index contributed by atoms with van der Waals surface area (Å²) < 4.78 is 22.3. The molecule has 0 saturated carbocycles. The van der Waals surface area contributed by atoms with E-state index in [4.69, 9.17) is 18.9 Å². The van der Waals surface area contributed by atoms with Gasteiger partial charge in [0.25, 0.3) is 0 Å². The first kappa shape index (κ1) is 22.7. The highest BCUT2D eigenvalue weighted by molar-refractivity contribution is 5.48. The second-order valence-electron chi connectivity index (χ2n) is 6.22. The average molecular weight is 398 g/mol. The van der Waals surface area contributed by atoms with Crippen molar-refractivity contribution in [1.29, 1.82) is 0 Å². The molecule has 0 aromatic heterocycles. The number of ether oxygens (including phenoxy) is 4. The van der Waals surface area contributed by atoms with Gasteiger partial charge in [-0.05, 0) is 35.4 Å². The molecule has 0 aliphatic heterocycles. The molecule has 0 saturated heterocycles. The summed E-state index contributed by atoms with van der Waals surface area (Å²) >= 11 is 0. The molecule has 0 unspecified atom stereocenters. The van der Waals surface area contributed by atoms with Gasteiger partial charge in [0.15, 0.2) is 0 Å². The summed E-state index contributed by atoms with van der Waals surface area (Å²) in [6.07, 6.45) is 3.62. The highest BCUT2D eigenvalue weighted by Crippen LogP contribution is 2.13. The molecule has 2 aromatic carbocycles. The van der Waals surface area contributed by atoms with Crippen LogP contribution in [0.4, 0.5) is 0 Å². The molecule has 2 aromatic rings. The van der Waals surface area contributed by atoms with Gasteiger partial charge < -0.3 is 24.3 Å². The van der Waals surface area contributed by atoms with Gasteiger partial charge in [0.05, 0.1) is 26.4 Å². The summed E-state index contributed by atoms with van der Waals surface area (Å²) in [4.78, 5) is 0. The standard InChI is InChI=1S/C24H31NO4/c1-3-21-5-9-23(10-6-21)28-19-17-26-15-13-25-14-16-27-18-20-29-24-11-7-22(4-2)8-12-24/h3-12,25H,1-2,13-20H2. The van der Waals surface area contributed by atoms with Crippen molar-refractivity contribution in [1.82, 2.24) is 5.32 Å². The molecule has 29 heavy (non-hydrogen) atoms. The molecule has 5 nitrogen and oxygen atoms in total. The van der Waals surface area contributed by atoms with Crippen LogP contribution in [0, 0.1) is 0 Å². The normalized spacial score (nSPS) is 10.5. The van der Waals surface area contributed by atoms with Gasteiger partial charge in [0, 0.05) is 13.1 Å². The number of nitrogens with one attached hydrogen (secondary N) is 1. The van der Waals surface area contributed by atoms with Crippen LogP contribution in [0.25, 0.3) is 12.2 Å². The molecule has 0 atom stereocenters. The van der Waals surface area contributed by atoms with Crippen LogP contribution in [-0.2, 0) is 9.47 Å². The van der Waals surface area contributed by atoms with E-state index in [2.05, 4.69) is 18.5 Å². The Kier molecular flexibility index (Phi) is 11.3. The van der Waals surface area contributed by atoms with Crippen LogP contribution in [0.15, 0.2) is 61.7 Å². The van der Waals surface area contributed by atoms with Crippen molar-refractivity contribution in [3.8, 4) is 11.5 Å². The van der Waals surface area contributed by atoms with E-state index < -0.39 is 0 Å². The van der Waals surface area contributed by atoms with Crippen molar-refractivity contribution in [2.75, 3.05) is 52.7 Å². The van der Waals surface area contributed by atoms with Gasteiger partial charge in [-0.1, -0.05) is 49.6 Å². The Balaban J connectivity index is 1.35. The van der Waals surface area contributed by atoms with E-state index >= 15 is 0 Å². The molecule has 1 N–H and O–H groups in total. The van der Waals surface area contributed by atoms with Gasteiger partial charge in [0.1, 0.15) is 24.7 Å². The SMILES string of the molecule is C=Cc1ccc(OCCOCCNCCOCCOc2ccc(C=C)cc2)cc1. The Labute approximate surface area is 173 Å². The maximum absolute atomic E-state index is 5.62. The van der Waals surface area contributed by atoms with Crippen molar-refractivity contribution in [2.45, 2.75) is 0 Å². The minimum Gasteiger partial charge on any atom is -0.491 e. The Morgan fingerprint density at radius 3 is 1.38 bits per heavy atom. The molecule has 0 radical (unpaired) electrons.